The van der Waals surface area contributed by atoms with E-state index in [9.17, 15) is 9.59 Å². The fourth-order valence-corrected chi connectivity index (χ4v) is 4.37. The maximum Gasteiger partial charge on any atom is 0.338 e. The molecule has 2 heterocycles. The summed E-state index contributed by atoms with van der Waals surface area (Å²) in [6, 6.07) is 12.1. The van der Waals surface area contributed by atoms with Gasteiger partial charge in [-0.3, -0.25) is 0 Å². The number of thiophene rings is 1. The molecule has 2 aromatic rings. The first-order valence-electron chi connectivity index (χ1n) is 9.94. The van der Waals surface area contributed by atoms with Crippen LogP contribution in [0.2, 0.25) is 0 Å². The normalized spacial score (nSPS) is 17.5. The largest absolute Gasteiger partial charge is 0.463 e. The van der Waals surface area contributed by atoms with E-state index in [1.165, 1.54) is 16.0 Å². The molecule has 2 atom stereocenters. The van der Waals surface area contributed by atoms with Gasteiger partial charge in [-0.15, -0.1) is 11.3 Å². The van der Waals surface area contributed by atoms with Crippen LogP contribution in [0.4, 0.5) is 4.79 Å². The Bertz CT molecular complexity index is 875. The molecule has 0 unspecified atom stereocenters. The lowest BCUT2D eigenvalue weighted by Crippen LogP contribution is -2.86. The summed E-state index contributed by atoms with van der Waals surface area (Å²) in [6.45, 7) is 6.56. The van der Waals surface area contributed by atoms with Crippen molar-refractivity contribution in [1.29, 1.82) is 0 Å². The van der Waals surface area contributed by atoms with E-state index in [2.05, 4.69) is 58.6 Å². The summed E-state index contributed by atoms with van der Waals surface area (Å²) in [5.41, 5.74) is 3.53. The molecular formula is C22H28N3O3S+. The summed E-state index contributed by atoms with van der Waals surface area (Å²) in [4.78, 5) is 25.9. The number of nitrogens with two attached hydrogens (primary N) is 1. The van der Waals surface area contributed by atoms with Gasteiger partial charge in [0.1, 0.15) is 12.6 Å². The van der Waals surface area contributed by atoms with E-state index in [4.69, 9.17) is 4.74 Å². The van der Waals surface area contributed by atoms with Crippen molar-refractivity contribution in [2.75, 3.05) is 13.2 Å². The smallest absolute Gasteiger partial charge is 0.338 e. The molecule has 0 aliphatic carbocycles. The zero-order valence-electron chi connectivity index (χ0n) is 17.0. The standard InChI is InChI=1S/C22H27N3O3S/c1-4-16-19(21(26)28-5-2)17(25-22(27)24-16)13-23-20(18-7-6-12-29-18)15-10-8-14(3)9-11-15/h6-12,16,20,23H,4-5,13H2,1-3H3,(H2,24,25,27)/p+1/t16-,20-/m0/s1. The Morgan fingerprint density at radius 3 is 2.62 bits per heavy atom. The molecule has 0 radical (unpaired) electrons. The first-order valence-corrected chi connectivity index (χ1v) is 10.8. The van der Waals surface area contributed by atoms with E-state index in [1.54, 1.807) is 18.3 Å². The SMILES string of the molecule is CCOC(=O)C1=C(C[NH2+][C@@H](c2ccc(C)cc2)c2cccs2)NC(=O)N[C@H]1CC. The van der Waals surface area contributed by atoms with E-state index in [0.29, 0.717) is 30.8 Å². The minimum atomic E-state index is -0.377. The summed E-state index contributed by atoms with van der Waals surface area (Å²) in [6.07, 6.45) is 0.622. The van der Waals surface area contributed by atoms with Gasteiger partial charge in [-0.05, 0) is 31.7 Å². The Kier molecular flexibility index (Phi) is 7.06. The van der Waals surface area contributed by atoms with Crippen molar-refractivity contribution in [1.82, 2.24) is 10.6 Å². The number of carbonyl (C=O) groups excluding carboxylic acids is 2. The van der Waals surface area contributed by atoms with Crippen LogP contribution in [0, 0.1) is 6.92 Å². The second-order valence-electron chi connectivity index (χ2n) is 7.02. The van der Waals surface area contributed by atoms with Gasteiger partial charge in [0.15, 0.2) is 0 Å². The number of nitrogens with one attached hydrogen (secondary N) is 2. The van der Waals surface area contributed by atoms with Crippen LogP contribution in [0.15, 0.2) is 53.0 Å². The van der Waals surface area contributed by atoms with Gasteiger partial charge in [-0.2, -0.15) is 0 Å². The molecular weight excluding hydrogens is 386 g/mol. The molecule has 3 rings (SSSR count). The average Bonchev–Trinajstić information content (AvgIpc) is 3.23. The van der Waals surface area contributed by atoms with E-state index in [0.717, 1.165) is 0 Å². The van der Waals surface area contributed by atoms with Crippen LogP contribution in [-0.4, -0.2) is 31.2 Å². The van der Waals surface area contributed by atoms with Crippen LogP contribution in [0.1, 0.15) is 42.3 Å². The maximum absolute atomic E-state index is 12.6. The van der Waals surface area contributed by atoms with Gasteiger partial charge in [0.05, 0.1) is 28.8 Å². The number of carbonyl (C=O) groups is 2. The number of quaternary nitrogens is 1. The van der Waals surface area contributed by atoms with Crippen LogP contribution in [0.25, 0.3) is 0 Å². The molecule has 0 saturated heterocycles. The van der Waals surface area contributed by atoms with E-state index in [-0.39, 0.29) is 24.1 Å². The monoisotopic (exact) mass is 414 g/mol. The van der Waals surface area contributed by atoms with Gasteiger partial charge < -0.3 is 20.7 Å². The molecule has 0 spiro atoms. The van der Waals surface area contributed by atoms with Crippen LogP contribution in [0.5, 0.6) is 0 Å². The Labute approximate surface area is 175 Å². The predicted molar refractivity (Wildman–Crippen MR) is 114 cm³/mol. The fourth-order valence-electron chi connectivity index (χ4n) is 3.52. The molecule has 1 aliphatic rings. The summed E-state index contributed by atoms with van der Waals surface area (Å²) >= 11 is 1.70. The van der Waals surface area contributed by atoms with Crippen molar-refractivity contribution < 1.29 is 19.6 Å². The zero-order valence-corrected chi connectivity index (χ0v) is 17.8. The minimum Gasteiger partial charge on any atom is -0.463 e. The quantitative estimate of drug-likeness (QED) is 0.581. The highest BCUT2D eigenvalue weighted by Crippen LogP contribution is 2.23. The summed E-state index contributed by atoms with van der Waals surface area (Å²) in [7, 11) is 0. The molecule has 0 saturated carbocycles. The third-order valence-corrected chi connectivity index (χ3v) is 5.95. The lowest BCUT2D eigenvalue weighted by atomic mass is 9.99. The Morgan fingerprint density at radius 2 is 2.00 bits per heavy atom. The second-order valence-corrected chi connectivity index (χ2v) is 7.99. The topological polar surface area (TPSA) is 84.0 Å². The Hall–Kier alpha value is -2.64. The fraction of sp³-hybridized carbons (Fsp3) is 0.364. The van der Waals surface area contributed by atoms with Gasteiger partial charge in [0, 0.05) is 5.56 Å². The first-order chi connectivity index (χ1) is 14.0. The molecule has 1 aliphatic heterocycles. The first kappa shape index (κ1) is 21.1. The van der Waals surface area contributed by atoms with Crippen LogP contribution in [-0.2, 0) is 9.53 Å². The number of amides is 2. The van der Waals surface area contributed by atoms with E-state index >= 15 is 0 Å². The third kappa shape index (κ3) is 5.05. The highest BCUT2D eigenvalue weighted by atomic mass is 32.1. The van der Waals surface area contributed by atoms with Crippen LogP contribution in [0.3, 0.4) is 0 Å². The molecule has 4 N–H and O–H groups in total. The van der Waals surface area contributed by atoms with E-state index in [1.807, 2.05) is 13.0 Å². The number of urea groups is 1. The maximum atomic E-state index is 12.6. The predicted octanol–water partition coefficient (Wildman–Crippen LogP) is 2.62. The molecule has 2 amide bonds. The zero-order chi connectivity index (χ0) is 20.8. The van der Waals surface area contributed by atoms with Crippen molar-refractivity contribution in [3.05, 3.63) is 69.1 Å². The molecule has 0 fully saturated rings. The number of aryl methyl sites for hydroxylation is 1. The number of rotatable bonds is 8. The molecule has 6 nitrogen and oxygen atoms in total. The number of esters is 1. The third-order valence-electron chi connectivity index (χ3n) is 4.99. The summed E-state index contributed by atoms with van der Waals surface area (Å²) in [5, 5.41) is 9.87. The molecule has 0 bridgehead atoms. The van der Waals surface area contributed by atoms with Gasteiger partial charge in [0.25, 0.3) is 0 Å². The van der Waals surface area contributed by atoms with Crippen LogP contribution >= 0.6 is 11.3 Å². The molecule has 154 valence electrons. The van der Waals surface area contributed by atoms with Crippen molar-refractivity contribution in [2.24, 2.45) is 0 Å². The molecule has 1 aromatic heterocycles. The summed E-state index contributed by atoms with van der Waals surface area (Å²) in [5.74, 6) is -0.377. The van der Waals surface area contributed by atoms with Crippen LogP contribution < -0.4 is 16.0 Å². The van der Waals surface area contributed by atoms with Crippen molar-refractivity contribution >= 4 is 23.3 Å². The Balaban J connectivity index is 1.90. The molecule has 29 heavy (non-hydrogen) atoms. The number of hydrogen-bond acceptors (Lipinski definition) is 4. The number of ether oxygens (including phenoxy) is 1. The van der Waals surface area contributed by atoms with Gasteiger partial charge >= 0.3 is 12.0 Å². The van der Waals surface area contributed by atoms with Gasteiger partial charge in [-0.25, -0.2) is 9.59 Å². The van der Waals surface area contributed by atoms with Crippen molar-refractivity contribution in [3.8, 4) is 0 Å². The number of hydrogen-bond donors (Lipinski definition) is 3. The molecule has 1 aromatic carbocycles. The minimum absolute atomic E-state index is 0.0819. The van der Waals surface area contributed by atoms with Crippen molar-refractivity contribution in [2.45, 2.75) is 39.3 Å². The lowest BCUT2D eigenvalue weighted by Gasteiger charge is -2.28. The molecule has 7 heteroatoms. The van der Waals surface area contributed by atoms with Crippen molar-refractivity contribution in [3.63, 3.8) is 0 Å². The Morgan fingerprint density at radius 1 is 1.24 bits per heavy atom. The lowest BCUT2D eigenvalue weighted by molar-refractivity contribution is -0.680. The van der Waals surface area contributed by atoms with E-state index < -0.39 is 0 Å². The highest BCUT2D eigenvalue weighted by Gasteiger charge is 2.33. The second kappa shape index (κ2) is 9.71. The number of benzene rings is 1. The van der Waals surface area contributed by atoms with Gasteiger partial charge in [-0.1, -0.05) is 42.8 Å². The summed E-state index contributed by atoms with van der Waals surface area (Å²) < 4.78 is 5.26. The average molecular weight is 415 g/mol. The highest BCUT2D eigenvalue weighted by molar-refractivity contribution is 7.10. The van der Waals surface area contributed by atoms with Gasteiger partial charge in [0.2, 0.25) is 0 Å².